The molecule has 0 atom stereocenters. The summed E-state index contributed by atoms with van der Waals surface area (Å²) in [6.45, 7) is 1.95. The van der Waals surface area contributed by atoms with E-state index in [9.17, 15) is 0 Å². The summed E-state index contributed by atoms with van der Waals surface area (Å²) in [7, 11) is 1.61. The van der Waals surface area contributed by atoms with E-state index in [1.165, 1.54) is 0 Å². The molecule has 0 saturated heterocycles. The first-order valence-corrected chi connectivity index (χ1v) is 5.05. The minimum Gasteiger partial charge on any atom is -0.496 e. The minimum atomic E-state index is 0.0991. The van der Waals surface area contributed by atoms with Gasteiger partial charge in [-0.3, -0.25) is 0 Å². The van der Waals surface area contributed by atoms with Crippen LogP contribution < -0.4 is 10.5 Å². The van der Waals surface area contributed by atoms with Crippen LogP contribution in [0.15, 0.2) is 23.8 Å². The Morgan fingerprint density at radius 1 is 1.56 bits per heavy atom. The number of nitrogens with two attached hydrogens (primary N) is 1. The van der Waals surface area contributed by atoms with Crippen molar-refractivity contribution in [3.63, 3.8) is 0 Å². The smallest absolute Gasteiger partial charge is 0.122 e. The molecule has 1 aromatic rings. The van der Waals surface area contributed by atoms with Crippen molar-refractivity contribution in [1.29, 1.82) is 5.26 Å². The topological polar surface area (TPSA) is 59.0 Å². The van der Waals surface area contributed by atoms with E-state index >= 15 is 0 Å². The van der Waals surface area contributed by atoms with Crippen molar-refractivity contribution in [2.45, 2.75) is 6.92 Å². The standard InChI is InChI=1S/C12H12N2OS/c1-8-3-4-9(6-11(8)15-2)5-10(7-13)12(14)16/h3-6H,1-2H3,(H2,14,16)/b10-5+. The summed E-state index contributed by atoms with van der Waals surface area (Å²) in [6.07, 6.45) is 1.64. The molecule has 2 N–H and O–H groups in total. The molecule has 3 nitrogen and oxygen atoms in total. The minimum absolute atomic E-state index is 0.0991. The van der Waals surface area contributed by atoms with Crippen LogP contribution in [-0.4, -0.2) is 12.1 Å². The van der Waals surface area contributed by atoms with Crippen LogP contribution in [-0.2, 0) is 0 Å². The summed E-state index contributed by atoms with van der Waals surface area (Å²) in [5.41, 5.74) is 7.57. The van der Waals surface area contributed by atoms with Crippen LogP contribution in [0.3, 0.4) is 0 Å². The number of rotatable bonds is 3. The van der Waals surface area contributed by atoms with Gasteiger partial charge in [-0.25, -0.2) is 0 Å². The molecule has 0 spiro atoms. The lowest BCUT2D eigenvalue weighted by Crippen LogP contribution is -2.09. The van der Waals surface area contributed by atoms with Crippen LogP contribution in [0.2, 0.25) is 0 Å². The highest BCUT2D eigenvalue weighted by atomic mass is 32.1. The Bertz CT molecular complexity index is 486. The quantitative estimate of drug-likeness (QED) is 0.493. The Hall–Kier alpha value is -1.86. The number of nitriles is 1. The van der Waals surface area contributed by atoms with Crippen molar-refractivity contribution in [3.05, 3.63) is 34.9 Å². The van der Waals surface area contributed by atoms with Gasteiger partial charge in [-0.15, -0.1) is 0 Å². The molecule has 0 aromatic heterocycles. The lowest BCUT2D eigenvalue weighted by Gasteiger charge is -2.05. The highest BCUT2D eigenvalue weighted by molar-refractivity contribution is 7.80. The Morgan fingerprint density at radius 2 is 2.25 bits per heavy atom. The van der Waals surface area contributed by atoms with E-state index in [1.54, 1.807) is 13.2 Å². The van der Waals surface area contributed by atoms with E-state index in [4.69, 9.17) is 28.0 Å². The molecule has 1 rings (SSSR count). The SMILES string of the molecule is COc1cc(/C=C(\C#N)C(N)=S)ccc1C. The van der Waals surface area contributed by atoms with Gasteiger partial charge in [-0.2, -0.15) is 5.26 Å². The second-order valence-corrected chi connectivity index (χ2v) is 3.70. The van der Waals surface area contributed by atoms with Crippen molar-refractivity contribution in [2.75, 3.05) is 7.11 Å². The Labute approximate surface area is 100 Å². The summed E-state index contributed by atoms with van der Waals surface area (Å²) in [5, 5.41) is 8.82. The third-order valence-corrected chi connectivity index (χ3v) is 2.35. The van der Waals surface area contributed by atoms with Crippen molar-refractivity contribution >= 4 is 23.3 Å². The van der Waals surface area contributed by atoms with Gasteiger partial charge < -0.3 is 10.5 Å². The van der Waals surface area contributed by atoms with Crippen molar-refractivity contribution in [3.8, 4) is 11.8 Å². The van der Waals surface area contributed by atoms with Gasteiger partial charge in [0.15, 0.2) is 0 Å². The number of thiocarbonyl (C=S) groups is 1. The highest BCUT2D eigenvalue weighted by Crippen LogP contribution is 2.20. The second kappa shape index (κ2) is 5.29. The van der Waals surface area contributed by atoms with Crippen LogP contribution >= 0.6 is 12.2 Å². The number of nitrogens with zero attached hydrogens (tertiary/aromatic N) is 1. The Morgan fingerprint density at radius 3 is 2.75 bits per heavy atom. The van der Waals surface area contributed by atoms with Crippen LogP contribution in [0, 0.1) is 18.3 Å². The van der Waals surface area contributed by atoms with Gasteiger partial charge in [-0.1, -0.05) is 24.4 Å². The first-order chi connectivity index (χ1) is 7.58. The van der Waals surface area contributed by atoms with Gasteiger partial charge in [0.25, 0.3) is 0 Å². The fourth-order valence-corrected chi connectivity index (χ4v) is 1.36. The van der Waals surface area contributed by atoms with E-state index in [2.05, 4.69) is 0 Å². The van der Waals surface area contributed by atoms with Crippen molar-refractivity contribution in [2.24, 2.45) is 5.73 Å². The molecule has 0 radical (unpaired) electrons. The Kier molecular flexibility index (Phi) is 4.03. The maximum absolute atomic E-state index is 8.82. The zero-order valence-corrected chi connectivity index (χ0v) is 9.97. The molecular formula is C12H12N2OS. The number of hydrogen-bond donors (Lipinski definition) is 1. The molecule has 0 amide bonds. The highest BCUT2D eigenvalue weighted by Gasteiger charge is 2.02. The van der Waals surface area contributed by atoms with E-state index in [0.717, 1.165) is 16.9 Å². The predicted molar refractivity (Wildman–Crippen MR) is 68.1 cm³/mol. The molecule has 16 heavy (non-hydrogen) atoms. The van der Waals surface area contributed by atoms with Gasteiger partial charge >= 0.3 is 0 Å². The molecule has 0 aliphatic heterocycles. The first-order valence-electron chi connectivity index (χ1n) is 4.64. The summed E-state index contributed by atoms with van der Waals surface area (Å²) >= 11 is 4.76. The van der Waals surface area contributed by atoms with Gasteiger partial charge in [0, 0.05) is 0 Å². The monoisotopic (exact) mass is 232 g/mol. The number of benzene rings is 1. The molecule has 0 aliphatic carbocycles. The normalized spacial score (nSPS) is 10.7. The molecule has 0 aliphatic rings. The predicted octanol–water partition coefficient (Wildman–Crippen LogP) is 2.20. The fourth-order valence-electron chi connectivity index (χ4n) is 1.25. The summed E-state index contributed by atoms with van der Waals surface area (Å²) in [6, 6.07) is 7.59. The molecule has 4 heteroatoms. The number of hydrogen-bond acceptors (Lipinski definition) is 3. The van der Waals surface area contributed by atoms with Gasteiger partial charge in [0.05, 0.1) is 12.7 Å². The van der Waals surface area contributed by atoms with Gasteiger partial charge in [0.1, 0.15) is 16.8 Å². The molecule has 0 heterocycles. The van der Waals surface area contributed by atoms with Crippen molar-refractivity contribution in [1.82, 2.24) is 0 Å². The fraction of sp³-hybridized carbons (Fsp3) is 0.167. The molecular weight excluding hydrogens is 220 g/mol. The summed E-state index contributed by atoms with van der Waals surface area (Å²) in [5.74, 6) is 0.772. The second-order valence-electron chi connectivity index (χ2n) is 3.26. The van der Waals surface area contributed by atoms with Gasteiger partial charge in [-0.05, 0) is 30.2 Å². The third kappa shape index (κ3) is 2.81. The lowest BCUT2D eigenvalue weighted by atomic mass is 10.1. The molecule has 1 aromatic carbocycles. The average Bonchev–Trinajstić information content (AvgIpc) is 2.27. The maximum Gasteiger partial charge on any atom is 0.122 e. The van der Waals surface area contributed by atoms with Gasteiger partial charge in [0.2, 0.25) is 0 Å². The van der Waals surface area contributed by atoms with Crippen LogP contribution in [0.1, 0.15) is 11.1 Å². The molecule has 0 unspecified atom stereocenters. The van der Waals surface area contributed by atoms with E-state index in [-0.39, 0.29) is 4.99 Å². The summed E-state index contributed by atoms with van der Waals surface area (Å²) in [4.78, 5) is 0.0991. The first kappa shape index (κ1) is 12.2. The van der Waals surface area contributed by atoms with Crippen LogP contribution in [0.4, 0.5) is 0 Å². The number of methoxy groups -OCH3 is 1. The Balaban J connectivity index is 3.16. The lowest BCUT2D eigenvalue weighted by molar-refractivity contribution is 0.411. The molecule has 0 saturated carbocycles. The maximum atomic E-state index is 8.82. The summed E-state index contributed by atoms with van der Waals surface area (Å²) < 4.78 is 5.19. The molecule has 0 fully saturated rings. The van der Waals surface area contributed by atoms with E-state index in [1.807, 2.05) is 31.2 Å². The van der Waals surface area contributed by atoms with Crippen LogP contribution in [0.25, 0.3) is 6.08 Å². The van der Waals surface area contributed by atoms with E-state index in [0.29, 0.717) is 5.57 Å². The van der Waals surface area contributed by atoms with Crippen molar-refractivity contribution < 1.29 is 4.74 Å². The molecule has 0 bridgehead atoms. The number of aryl methyl sites for hydroxylation is 1. The van der Waals surface area contributed by atoms with Crippen LogP contribution in [0.5, 0.6) is 5.75 Å². The zero-order valence-electron chi connectivity index (χ0n) is 9.15. The molecule has 82 valence electrons. The third-order valence-electron chi connectivity index (χ3n) is 2.13. The number of ether oxygens (including phenoxy) is 1. The average molecular weight is 232 g/mol. The van der Waals surface area contributed by atoms with E-state index < -0.39 is 0 Å². The zero-order chi connectivity index (χ0) is 12.1. The largest absolute Gasteiger partial charge is 0.496 e.